The van der Waals surface area contributed by atoms with Crippen molar-refractivity contribution in [2.45, 2.75) is 26.8 Å². The molecule has 0 spiro atoms. The summed E-state index contributed by atoms with van der Waals surface area (Å²) < 4.78 is 1.67. The monoisotopic (exact) mass is 192 g/mol. The van der Waals surface area contributed by atoms with E-state index in [1.165, 1.54) is 6.33 Å². The molecule has 0 fully saturated rings. The van der Waals surface area contributed by atoms with E-state index in [-0.39, 0.29) is 5.56 Å². The average molecular weight is 192 g/mol. The zero-order valence-electron chi connectivity index (χ0n) is 8.24. The molecule has 74 valence electrons. The highest BCUT2D eigenvalue weighted by Crippen LogP contribution is 2.02. The van der Waals surface area contributed by atoms with Crippen molar-refractivity contribution in [1.29, 1.82) is 0 Å². The van der Waals surface area contributed by atoms with Crippen molar-refractivity contribution in [3.05, 3.63) is 22.5 Å². The van der Waals surface area contributed by atoms with Gasteiger partial charge in [0.2, 0.25) is 0 Å². The first kappa shape index (κ1) is 8.93. The SMILES string of the molecule is CCCn1c(C)nc2nc[nH]c2c1=O. The molecule has 2 rings (SSSR count). The zero-order chi connectivity index (χ0) is 10.1. The van der Waals surface area contributed by atoms with Crippen LogP contribution in [-0.4, -0.2) is 19.5 Å². The van der Waals surface area contributed by atoms with Gasteiger partial charge in [0.25, 0.3) is 5.56 Å². The highest BCUT2D eigenvalue weighted by atomic mass is 16.1. The van der Waals surface area contributed by atoms with Crippen LogP contribution in [0.25, 0.3) is 11.2 Å². The number of nitrogens with zero attached hydrogens (tertiary/aromatic N) is 3. The molecule has 14 heavy (non-hydrogen) atoms. The third-order valence-electron chi connectivity index (χ3n) is 2.18. The molecule has 5 heteroatoms. The topological polar surface area (TPSA) is 63.6 Å². The van der Waals surface area contributed by atoms with Gasteiger partial charge in [-0.2, -0.15) is 0 Å². The minimum atomic E-state index is -0.0353. The molecule has 1 N–H and O–H groups in total. The summed E-state index contributed by atoms with van der Waals surface area (Å²) >= 11 is 0. The summed E-state index contributed by atoms with van der Waals surface area (Å²) in [7, 11) is 0. The second-order valence-corrected chi connectivity index (χ2v) is 3.22. The van der Waals surface area contributed by atoms with Gasteiger partial charge in [0.1, 0.15) is 5.82 Å². The van der Waals surface area contributed by atoms with Crippen LogP contribution >= 0.6 is 0 Å². The first-order chi connectivity index (χ1) is 6.74. The number of aryl methyl sites for hydroxylation is 1. The molecule has 0 amide bonds. The van der Waals surface area contributed by atoms with E-state index in [0.29, 0.717) is 17.7 Å². The molecule has 0 aliphatic carbocycles. The van der Waals surface area contributed by atoms with Gasteiger partial charge in [-0.05, 0) is 13.3 Å². The molecule has 0 unspecified atom stereocenters. The van der Waals surface area contributed by atoms with Crippen LogP contribution < -0.4 is 5.56 Å². The van der Waals surface area contributed by atoms with Gasteiger partial charge in [-0.25, -0.2) is 9.97 Å². The number of aromatic nitrogens is 4. The number of nitrogens with one attached hydrogen (secondary N) is 1. The van der Waals surface area contributed by atoms with Crippen LogP contribution in [0.2, 0.25) is 0 Å². The van der Waals surface area contributed by atoms with E-state index in [9.17, 15) is 4.79 Å². The molecule has 0 saturated carbocycles. The number of aromatic amines is 1. The number of hydrogen-bond acceptors (Lipinski definition) is 3. The number of fused-ring (bicyclic) bond motifs is 1. The van der Waals surface area contributed by atoms with Crippen molar-refractivity contribution in [3.63, 3.8) is 0 Å². The van der Waals surface area contributed by atoms with Crippen LogP contribution in [0.4, 0.5) is 0 Å². The highest BCUT2D eigenvalue weighted by molar-refractivity contribution is 5.68. The Morgan fingerprint density at radius 2 is 2.36 bits per heavy atom. The van der Waals surface area contributed by atoms with Crippen molar-refractivity contribution in [2.24, 2.45) is 0 Å². The van der Waals surface area contributed by atoms with Crippen molar-refractivity contribution in [2.75, 3.05) is 0 Å². The third kappa shape index (κ3) is 1.21. The Labute approximate surface area is 80.8 Å². The molecule has 2 heterocycles. The Morgan fingerprint density at radius 1 is 1.57 bits per heavy atom. The number of H-pyrrole nitrogens is 1. The van der Waals surface area contributed by atoms with Crippen molar-refractivity contribution in [3.8, 4) is 0 Å². The molecule has 0 bridgehead atoms. The number of rotatable bonds is 2. The molecule has 2 aromatic rings. The Hall–Kier alpha value is -1.65. The molecule has 0 atom stereocenters. The van der Waals surface area contributed by atoms with E-state index in [0.717, 1.165) is 12.2 Å². The standard InChI is InChI=1S/C9H12N4O/c1-3-4-13-6(2)12-8-7(9(13)14)10-5-11-8/h5H,3-4H2,1-2H3,(H,10,11). The van der Waals surface area contributed by atoms with Crippen LogP contribution in [0.1, 0.15) is 19.2 Å². The molecule has 0 aromatic carbocycles. The zero-order valence-corrected chi connectivity index (χ0v) is 8.24. The van der Waals surface area contributed by atoms with Crippen LogP contribution in [0.15, 0.2) is 11.1 Å². The predicted molar refractivity (Wildman–Crippen MR) is 53.2 cm³/mol. The Morgan fingerprint density at radius 3 is 3.07 bits per heavy atom. The largest absolute Gasteiger partial charge is 0.339 e. The molecule has 2 aromatic heterocycles. The Balaban J connectivity index is 2.76. The van der Waals surface area contributed by atoms with Crippen LogP contribution in [0, 0.1) is 6.92 Å². The lowest BCUT2D eigenvalue weighted by Gasteiger charge is -2.06. The molecule has 0 aliphatic rings. The van der Waals surface area contributed by atoms with E-state index in [2.05, 4.69) is 15.0 Å². The van der Waals surface area contributed by atoms with Gasteiger partial charge in [-0.15, -0.1) is 0 Å². The van der Waals surface area contributed by atoms with Gasteiger partial charge in [-0.3, -0.25) is 9.36 Å². The maximum Gasteiger partial charge on any atom is 0.279 e. The van der Waals surface area contributed by atoms with Gasteiger partial charge in [0, 0.05) is 6.54 Å². The maximum absolute atomic E-state index is 11.9. The molecule has 0 radical (unpaired) electrons. The fourth-order valence-corrected chi connectivity index (χ4v) is 1.51. The van der Waals surface area contributed by atoms with Crippen LogP contribution in [0.3, 0.4) is 0 Å². The van der Waals surface area contributed by atoms with Crippen LogP contribution in [-0.2, 0) is 6.54 Å². The highest BCUT2D eigenvalue weighted by Gasteiger charge is 2.08. The van der Waals surface area contributed by atoms with E-state index in [1.807, 2.05) is 13.8 Å². The van der Waals surface area contributed by atoms with E-state index < -0.39 is 0 Å². The van der Waals surface area contributed by atoms with Gasteiger partial charge in [0.15, 0.2) is 11.2 Å². The first-order valence-electron chi connectivity index (χ1n) is 4.64. The number of imidazole rings is 1. The summed E-state index contributed by atoms with van der Waals surface area (Å²) in [5.41, 5.74) is 0.954. The van der Waals surface area contributed by atoms with Gasteiger partial charge in [-0.1, -0.05) is 6.92 Å². The summed E-state index contributed by atoms with van der Waals surface area (Å²) in [5.74, 6) is 0.719. The van der Waals surface area contributed by atoms with Crippen molar-refractivity contribution in [1.82, 2.24) is 19.5 Å². The molecule has 0 aliphatic heterocycles. The van der Waals surface area contributed by atoms with Crippen molar-refractivity contribution < 1.29 is 0 Å². The smallest absolute Gasteiger partial charge is 0.279 e. The molecule has 5 nitrogen and oxygen atoms in total. The minimum Gasteiger partial charge on any atom is -0.339 e. The van der Waals surface area contributed by atoms with E-state index in [1.54, 1.807) is 4.57 Å². The van der Waals surface area contributed by atoms with Crippen LogP contribution in [0.5, 0.6) is 0 Å². The molecular weight excluding hydrogens is 180 g/mol. The average Bonchev–Trinajstić information content (AvgIpc) is 2.60. The minimum absolute atomic E-state index is 0.0353. The molecule has 0 saturated heterocycles. The lowest BCUT2D eigenvalue weighted by Crippen LogP contribution is -2.23. The molecular formula is C9H12N4O. The van der Waals surface area contributed by atoms with Gasteiger partial charge >= 0.3 is 0 Å². The Bertz CT molecular complexity index is 511. The van der Waals surface area contributed by atoms with Gasteiger partial charge < -0.3 is 4.98 Å². The summed E-state index contributed by atoms with van der Waals surface area (Å²) in [4.78, 5) is 22.9. The fourth-order valence-electron chi connectivity index (χ4n) is 1.51. The summed E-state index contributed by atoms with van der Waals surface area (Å²) in [6.45, 7) is 4.56. The number of hydrogen-bond donors (Lipinski definition) is 1. The second-order valence-electron chi connectivity index (χ2n) is 3.22. The summed E-state index contributed by atoms with van der Waals surface area (Å²) in [5, 5.41) is 0. The summed E-state index contributed by atoms with van der Waals surface area (Å²) in [6.07, 6.45) is 2.41. The lowest BCUT2D eigenvalue weighted by molar-refractivity contribution is 0.624. The Kier molecular flexibility index (Phi) is 2.07. The van der Waals surface area contributed by atoms with E-state index >= 15 is 0 Å². The predicted octanol–water partition coefficient (Wildman–Crippen LogP) is 0.838. The summed E-state index contributed by atoms with van der Waals surface area (Å²) in [6, 6.07) is 0. The van der Waals surface area contributed by atoms with Gasteiger partial charge in [0.05, 0.1) is 6.33 Å². The first-order valence-corrected chi connectivity index (χ1v) is 4.64. The maximum atomic E-state index is 11.9. The lowest BCUT2D eigenvalue weighted by atomic mass is 10.4. The quantitative estimate of drug-likeness (QED) is 0.766. The third-order valence-corrected chi connectivity index (χ3v) is 2.18. The normalized spacial score (nSPS) is 11.0. The second kappa shape index (κ2) is 3.25. The fraction of sp³-hybridized carbons (Fsp3) is 0.444. The van der Waals surface area contributed by atoms with Crippen molar-refractivity contribution >= 4 is 11.2 Å². The van der Waals surface area contributed by atoms with E-state index in [4.69, 9.17) is 0 Å².